The zero-order chi connectivity index (χ0) is 16.0. The second-order valence-electron chi connectivity index (χ2n) is 7.10. The molecule has 0 aliphatic rings. The number of phenols is 1. The van der Waals surface area contributed by atoms with Gasteiger partial charge in [0.25, 0.3) is 0 Å². The van der Waals surface area contributed by atoms with Gasteiger partial charge in [0.05, 0.1) is 0 Å². The molecule has 1 aromatic carbocycles. The Morgan fingerprint density at radius 2 is 1.23 bits per heavy atom. The Balaban J connectivity index is 1.83. The summed E-state index contributed by atoms with van der Waals surface area (Å²) >= 11 is 0. The highest BCUT2D eigenvalue weighted by atomic mass is 16.3. The number of para-hydroxylation sites is 1. The van der Waals surface area contributed by atoms with Crippen molar-refractivity contribution >= 4 is 0 Å². The molecule has 0 radical (unpaired) electrons. The summed E-state index contributed by atoms with van der Waals surface area (Å²) in [6.45, 7) is 4.64. The standard InChI is InChI=1S/C21H36O/c1-19(2)15-11-9-7-5-3-4-6-8-10-12-16-20-17-13-14-18-21(20)22/h13-14,17-19,22H,3-12,15-16H2,1-2H3. The van der Waals surface area contributed by atoms with E-state index in [2.05, 4.69) is 13.8 Å². The molecule has 0 amide bonds. The number of benzene rings is 1. The van der Waals surface area contributed by atoms with Gasteiger partial charge in [0.15, 0.2) is 0 Å². The molecule has 0 saturated heterocycles. The van der Waals surface area contributed by atoms with Crippen LogP contribution < -0.4 is 0 Å². The van der Waals surface area contributed by atoms with Crippen LogP contribution >= 0.6 is 0 Å². The molecule has 1 heteroatoms. The smallest absolute Gasteiger partial charge is 0.118 e. The first-order valence-electron chi connectivity index (χ1n) is 9.47. The summed E-state index contributed by atoms with van der Waals surface area (Å²) < 4.78 is 0. The lowest BCUT2D eigenvalue weighted by Crippen LogP contribution is -1.88. The summed E-state index contributed by atoms with van der Waals surface area (Å²) in [5, 5.41) is 9.70. The van der Waals surface area contributed by atoms with Gasteiger partial charge in [-0.05, 0) is 30.4 Å². The van der Waals surface area contributed by atoms with Crippen LogP contribution in [-0.2, 0) is 6.42 Å². The van der Waals surface area contributed by atoms with Crippen molar-refractivity contribution in [3.63, 3.8) is 0 Å². The first kappa shape index (κ1) is 19.1. The molecule has 0 saturated carbocycles. The normalized spacial score (nSPS) is 11.2. The average molecular weight is 305 g/mol. The molecule has 0 bridgehead atoms. The van der Waals surface area contributed by atoms with Crippen LogP contribution in [0.2, 0.25) is 0 Å². The molecule has 1 N–H and O–H groups in total. The first-order chi connectivity index (χ1) is 10.7. The van der Waals surface area contributed by atoms with E-state index in [0.29, 0.717) is 5.75 Å². The van der Waals surface area contributed by atoms with Crippen molar-refractivity contribution in [2.24, 2.45) is 5.92 Å². The molecule has 0 aliphatic heterocycles. The summed E-state index contributed by atoms with van der Waals surface area (Å²) in [6.07, 6.45) is 16.2. The molecule has 0 aromatic heterocycles. The maximum atomic E-state index is 9.70. The summed E-state index contributed by atoms with van der Waals surface area (Å²) in [5.41, 5.74) is 1.10. The molecule has 0 aliphatic carbocycles. The second-order valence-corrected chi connectivity index (χ2v) is 7.10. The fourth-order valence-electron chi connectivity index (χ4n) is 3.00. The summed E-state index contributed by atoms with van der Waals surface area (Å²) in [4.78, 5) is 0. The van der Waals surface area contributed by atoms with Crippen molar-refractivity contribution < 1.29 is 5.11 Å². The third-order valence-corrected chi connectivity index (χ3v) is 4.47. The maximum absolute atomic E-state index is 9.70. The number of hydrogen-bond donors (Lipinski definition) is 1. The Morgan fingerprint density at radius 1 is 0.727 bits per heavy atom. The number of aromatic hydroxyl groups is 1. The van der Waals surface area contributed by atoms with Gasteiger partial charge in [-0.15, -0.1) is 0 Å². The Bertz CT molecular complexity index is 370. The average Bonchev–Trinajstić information content (AvgIpc) is 2.49. The molecule has 0 atom stereocenters. The van der Waals surface area contributed by atoms with E-state index in [1.165, 1.54) is 70.6 Å². The molecular weight excluding hydrogens is 268 g/mol. The van der Waals surface area contributed by atoms with E-state index in [9.17, 15) is 5.11 Å². The maximum Gasteiger partial charge on any atom is 0.118 e. The van der Waals surface area contributed by atoms with E-state index in [4.69, 9.17) is 0 Å². The second kappa shape index (κ2) is 12.6. The van der Waals surface area contributed by atoms with Crippen molar-refractivity contribution in [2.45, 2.75) is 90.9 Å². The first-order valence-corrected chi connectivity index (χ1v) is 9.47. The Labute approximate surface area is 138 Å². The van der Waals surface area contributed by atoms with E-state index >= 15 is 0 Å². The fourth-order valence-corrected chi connectivity index (χ4v) is 3.00. The predicted molar refractivity (Wildman–Crippen MR) is 97.4 cm³/mol. The zero-order valence-electron chi connectivity index (χ0n) is 14.8. The van der Waals surface area contributed by atoms with E-state index in [-0.39, 0.29) is 0 Å². The number of hydrogen-bond acceptors (Lipinski definition) is 1. The lowest BCUT2D eigenvalue weighted by molar-refractivity contribution is 0.465. The van der Waals surface area contributed by atoms with Crippen LogP contribution in [-0.4, -0.2) is 5.11 Å². The quantitative estimate of drug-likeness (QED) is 0.394. The Kier molecular flexibility index (Phi) is 10.9. The van der Waals surface area contributed by atoms with Gasteiger partial charge in [0.2, 0.25) is 0 Å². The molecule has 1 aromatic rings. The monoisotopic (exact) mass is 304 g/mol. The molecule has 1 rings (SSSR count). The largest absolute Gasteiger partial charge is 0.508 e. The van der Waals surface area contributed by atoms with Gasteiger partial charge in [0.1, 0.15) is 5.75 Å². The Hall–Kier alpha value is -0.980. The number of rotatable bonds is 13. The van der Waals surface area contributed by atoms with Crippen molar-refractivity contribution in [1.29, 1.82) is 0 Å². The van der Waals surface area contributed by atoms with Gasteiger partial charge >= 0.3 is 0 Å². The van der Waals surface area contributed by atoms with E-state index in [1.807, 2.05) is 18.2 Å². The summed E-state index contributed by atoms with van der Waals surface area (Å²) in [6, 6.07) is 7.73. The third-order valence-electron chi connectivity index (χ3n) is 4.47. The number of unbranched alkanes of at least 4 members (excludes halogenated alkanes) is 9. The molecule has 0 unspecified atom stereocenters. The van der Waals surface area contributed by atoms with E-state index < -0.39 is 0 Å². The SMILES string of the molecule is CC(C)CCCCCCCCCCCCc1ccccc1O. The molecule has 0 heterocycles. The van der Waals surface area contributed by atoms with E-state index in [1.54, 1.807) is 6.07 Å². The van der Waals surface area contributed by atoms with Crippen molar-refractivity contribution in [1.82, 2.24) is 0 Å². The van der Waals surface area contributed by atoms with Gasteiger partial charge in [-0.3, -0.25) is 0 Å². The number of phenolic OH excluding ortho intramolecular Hbond substituents is 1. The molecule has 0 fully saturated rings. The Morgan fingerprint density at radius 3 is 1.77 bits per heavy atom. The molecule has 0 spiro atoms. The highest BCUT2D eigenvalue weighted by molar-refractivity contribution is 5.31. The molecule has 126 valence electrons. The minimum atomic E-state index is 0.458. The van der Waals surface area contributed by atoms with Crippen LogP contribution in [0.25, 0.3) is 0 Å². The summed E-state index contributed by atoms with van der Waals surface area (Å²) in [7, 11) is 0. The predicted octanol–water partition coefficient (Wildman–Crippen LogP) is 6.88. The lowest BCUT2D eigenvalue weighted by Gasteiger charge is -2.05. The fraction of sp³-hybridized carbons (Fsp3) is 0.714. The van der Waals surface area contributed by atoms with Gasteiger partial charge in [-0.1, -0.05) is 96.3 Å². The van der Waals surface area contributed by atoms with Crippen LogP contribution in [0.4, 0.5) is 0 Å². The highest BCUT2D eigenvalue weighted by Crippen LogP contribution is 2.19. The number of aryl methyl sites for hydroxylation is 1. The van der Waals surface area contributed by atoms with Crippen molar-refractivity contribution in [3.8, 4) is 5.75 Å². The highest BCUT2D eigenvalue weighted by Gasteiger charge is 1.99. The molecule has 1 nitrogen and oxygen atoms in total. The van der Waals surface area contributed by atoms with Crippen molar-refractivity contribution in [2.75, 3.05) is 0 Å². The lowest BCUT2D eigenvalue weighted by atomic mass is 10.0. The molecular formula is C21H36O. The van der Waals surface area contributed by atoms with Gasteiger partial charge in [-0.2, -0.15) is 0 Å². The van der Waals surface area contributed by atoms with Gasteiger partial charge in [-0.25, -0.2) is 0 Å². The van der Waals surface area contributed by atoms with Crippen LogP contribution in [0.3, 0.4) is 0 Å². The van der Waals surface area contributed by atoms with Crippen molar-refractivity contribution in [3.05, 3.63) is 29.8 Å². The van der Waals surface area contributed by atoms with Gasteiger partial charge in [0, 0.05) is 0 Å². The topological polar surface area (TPSA) is 20.2 Å². The van der Waals surface area contributed by atoms with Crippen LogP contribution in [0.1, 0.15) is 90.0 Å². The third kappa shape index (κ3) is 9.87. The molecule has 22 heavy (non-hydrogen) atoms. The van der Waals surface area contributed by atoms with E-state index in [0.717, 1.165) is 17.9 Å². The van der Waals surface area contributed by atoms with Gasteiger partial charge < -0.3 is 5.11 Å². The minimum absolute atomic E-state index is 0.458. The van der Waals surface area contributed by atoms with Crippen LogP contribution in [0.15, 0.2) is 24.3 Å². The van der Waals surface area contributed by atoms with Crippen LogP contribution in [0, 0.1) is 5.92 Å². The summed E-state index contributed by atoms with van der Waals surface area (Å²) in [5.74, 6) is 1.33. The minimum Gasteiger partial charge on any atom is -0.508 e. The zero-order valence-corrected chi connectivity index (χ0v) is 14.8. The van der Waals surface area contributed by atoms with Crippen LogP contribution in [0.5, 0.6) is 5.75 Å².